The van der Waals surface area contributed by atoms with Gasteiger partial charge >= 0.3 is 0 Å². The van der Waals surface area contributed by atoms with Crippen molar-refractivity contribution in [3.05, 3.63) is 24.3 Å². The summed E-state index contributed by atoms with van der Waals surface area (Å²) in [6, 6.07) is -0.815. The number of allylic oxidation sites excluding steroid dienone is 3. The van der Waals surface area contributed by atoms with Crippen LogP contribution in [0.2, 0.25) is 0 Å². The fourth-order valence-corrected chi connectivity index (χ4v) is 6.76. The summed E-state index contributed by atoms with van der Waals surface area (Å²) in [6.07, 6.45) is 32.2. The maximum absolute atomic E-state index is 12.9. The third-order valence-electron chi connectivity index (χ3n) is 10.3. The predicted molar refractivity (Wildman–Crippen MR) is 212 cm³/mol. The molecule has 1 aliphatic rings. The molecule has 7 unspecified atom stereocenters. The lowest BCUT2D eigenvalue weighted by Crippen LogP contribution is -2.60. The van der Waals surface area contributed by atoms with Crippen LogP contribution in [0, 0.1) is 0 Å². The summed E-state index contributed by atoms with van der Waals surface area (Å²) in [7, 11) is 0. The van der Waals surface area contributed by atoms with Crippen LogP contribution in [0.5, 0.6) is 0 Å². The number of amides is 1. The van der Waals surface area contributed by atoms with E-state index in [4.69, 9.17) is 9.47 Å². The van der Waals surface area contributed by atoms with E-state index in [0.29, 0.717) is 6.42 Å². The van der Waals surface area contributed by atoms with Gasteiger partial charge in [-0.05, 0) is 32.1 Å². The minimum absolute atomic E-state index is 0.188. The number of aliphatic hydroxyl groups excluding tert-OH is 5. The zero-order valence-corrected chi connectivity index (χ0v) is 33.3. The van der Waals surface area contributed by atoms with Gasteiger partial charge in [0.05, 0.1) is 25.4 Å². The first kappa shape index (κ1) is 48.7. The van der Waals surface area contributed by atoms with Gasteiger partial charge in [-0.1, -0.05) is 173 Å². The van der Waals surface area contributed by atoms with Crippen molar-refractivity contribution in [2.24, 2.45) is 0 Å². The molecule has 0 aromatic rings. The molecule has 1 aliphatic heterocycles. The summed E-state index contributed by atoms with van der Waals surface area (Å²) in [5.74, 6) is -0.188. The third-order valence-corrected chi connectivity index (χ3v) is 10.3. The van der Waals surface area contributed by atoms with Gasteiger partial charge < -0.3 is 40.3 Å². The molecule has 9 heteroatoms. The molecule has 9 nitrogen and oxygen atoms in total. The van der Waals surface area contributed by atoms with Crippen LogP contribution >= 0.6 is 0 Å². The highest BCUT2D eigenvalue weighted by Gasteiger charge is 2.44. The maximum Gasteiger partial charge on any atom is 0.220 e. The lowest BCUT2D eigenvalue weighted by Gasteiger charge is -2.40. The Kier molecular flexibility index (Phi) is 32.0. The van der Waals surface area contributed by atoms with E-state index >= 15 is 0 Å². The normalized spacial score (nSPS) is 22.0. The fourth-order valence-electron chi connectivity index (χ4n) is 6.76. The fraction of sp³-hybridized carbons (Fsp3) is 0.884. The van der Waals surface area contributed by atoms with E-state index in [2.05, 4.69) is 31.3 Å². The molecule has 1 saturated heterocycles. The summed E-state index contributed by atoms with van der Waals surface area (Å²) in [5.41, 5.74) is 0. The molecule has 0 aromatic heterocycles. The number of nitrogens with one attached hydrogen (secondary N) is 1. The van der Waals surface area contributed by atoms with Gasteiger partial charge in [-0.25, -0.2) is 0 Å². The van der Waals surface area contributed by atoms with Gasteiger partial charge in [0.25, 0.3) is 0 Å². The molecule has 0 spiro atoms. The number of carbonyl (C=O) groups is 1. The summed E-state index contributed by atoms with van der Waals surface area (Å²) < 4.78 is 11.2. The van der Waals surface area contributed by atoms with Gasteiger partial charge in [0.1, 0.15) is 24.4 Å². The van der Waals surface area contributed by atoms with Crippen molar-refractivity contribution in [1.29, 1.82) is 0 Å². The second-order valence-electron chi connectivity index (χ2n) is 15.1. The zero-order valence-electron chi connectivity index (χ0n) is 33.3. The Morgan fingerprint density at radius 2 is 1.10 bits per heavy atom. The minimum Gasteiger partial charge on any atom is -0.394 e. The van der Waals surface area contributed by atoms with E-state index < -0.39 is 49.5 Å². The first-order valence-corrected chi connectivity index (χ1v) is 21.6. The van der Waals surface area contributed by atoms with Gasteiger partial charge in [0.2, 0.25) is 5.91 Å². The van der Waals surface area contributed by atoms with Crippen LogP contribution in [0.1, 0.15) is 187 Å². The molecule has 1 fully saturated rings. The topological polar surface area (TPSA) is 149 Å². The number of ether oxygens (including phenoxy) is 2. The number of aliphatic hydroxyl groups is 5. The first-order valence-electron chi connectivity index (χ1n) is 21.6. The number of carbonyl (C=O) groups excluding carboxylic acids is 1. The van der Waals surface area contributed by atoms with E-state index in [1.807, 2.05) is 6.08 Å². The summed E-state index contributed by atoms with van der Waals surface area (Å²) in [6.45, 7) is 3.74. The molecule has 6 N–H and O–H groups in total. The SMILES string of the molecule is CCCCCCCCCCCCCC/C=C/CC/C=C/C(O)C(COC1OC(CO)C(O)C(O)C1O)NC(=O)CCCCCCCCCCCCC. The smallest absolute Gasteiger partial charge is 0.220 e. The van der Waals surface area contributed by atoms with Crippen LogP contribution < -0.4 is 5.32 Å². The second kappa shape index (κ2) is 34.2. The first-order chi connectivity index (χ1) is 25.3. The summed E-state index contributed by atoms with van der Waals surface area (Å²) >= 11 is 0. The molecule has 0 saturated carbocycles. The Morgan fingerprint density at radius 1 is 0.635 bits per heavy atom. The lowest BCUT2D eigenvalue weighted by molar-refractivity contribution is -0.302. The quantitative estimate of drug-likeness (QED) is 0.0281. The standard InChI is InChI=1S/C43H81NO8/c1-3-5-7-9-11-13-15-16-17-18-19-20-21-23-24-26-28-30-32-37(46)36(35-51-43-42(50)41(49)40(48)38(34-45)52-43)44-39(47)33-31-29-27-25-22-14-12-10-8-6-4-2/h23-24,30,32,36-38,40-43,45-46,48-50H,3-22,25-29,31,33-35H2,1-2H3,(H,44,47)/b24-23+,32-30+. The predicted octanol–water partition coefficient (Wildman–Crippen LogP) is 8.33. The summed E-state index contributed by atoms with van der Waals surface area (Å²) in [4.78, 5) is 12.9. The van der Waals surface area contributed by atoms with Gasteiger partial charge in [-0.15, -0.1) is 0 Å². The maximum atomic E-state index is 12.9. The van der Waals surface area contributed by atoms with E-state index in [0.717, 1.165) is 38.5 Å². The Hall–Kier alpha value is -1.33. The molecular formula is C43H81NO8. The largest absolute Gasteiger partial charge is 0.394 e. The molecule has 1 amide bonds. The molecule has 306 valence electrons. The number of rotatable bonds is 35. The monoisotopic (exact) mass is 740 g/mol. The molecular weight excluding hydrogens is 658 g/mol. The van der Waals surface area contributed by atoms with Crippen LogP contribution in [0.3, 0.4) is 0 Å². The summed E-state index contributed by atoms with van der Waals surface area (Å²) in [5, 5.41) is 54.0. The van der Waals surface area contributed by atoms with Crippen molar-refractivity contribution in [1.82, 2.24) is 5.32 Å². The van der Waals surface area contributed by atoms with Crippen LogP contribution in [0.25, 0.3) is 0 Å². The highest BCUT2D eigenvalue weighted by atomic mass is 16.7. The minimum atomic E-state index is -1.57. The number of hydrogen-bond donors (Lipinski definition) is 6. The molecule has 1 heterocycles. The third kappa shape index (κ3) is 24.9. The highest BCUT2D eigenvalue weighted by molar-refractivity contribution is 5.76. The molecule has 0 aromatic carbocycles. The van der Waals surface area contributed by atoms with Crippen LogP contribution in [-0.2, 0) is 14.3 Å². The van der Waals surface area contributed by atoms with Crippen LogP contribution in [0.15, 0.2) is 24.3 Å². The average molecular weight is 740 g/mol. The highest BCUT2D eigenvalue weighted by Crippen LogP contribution is 2.22. The lowest BCUT2D eigenvalue weighted by atomic mass is 9.99. The van der Waals surface area contributed by atoms with Gasteiger partial charge in [-0.2, -0.15) is 0 Å². The second-order valence-corrected chi connectivity index (χ2v) is 15.1. The van der Waals surface area contributed by atoms with Crippen molar-refractivity contribution in [3.63, 3.8) is 0 Å². The van der Waals surface area contributed by atoms with Crippen LogP contribution in [-0.4, -0.2) is 87.5 Å². The molecule has 0 aliphatic carbocycles. The molecule has 7 atom stereocenters. The van der Waals surface area contributed by atoms with E-state index in [9.17, 15) is 30.3 Å². The average Bonchev–Trinajstić information content (AvgIpc) is 3.14. The van der Waals surface area contributed by atoms with Crippen molar-refractivity contribution in [2.45, 2.75) is 230 Å². The van der Waals surface area contributed by atoms with Gasteiger partial charge in [-0.3, -0.25) is 4.79 Å². The Morgan fingerprint density at radius 3 is 1.62 bits per heavy atom. The molecule has 0 bridgehead atoms. The van der Waals surface area contributed by atoms with E-state index in [1.54, 1.807) is 6.08 Å². The van der Waals surface area contributed by atoms with Crippen molar-refractivity contribution in [3.8, 4) is 0 Å². The van der Waals surface area contributed by atoms with Crippen LogP contribution in [0.4, 0.5) is 0 Å². The number of hydrogen-bond acceptors (Lipinski definition) is 8. The van der Waals surface area contributed by atoms with Crippen molar-refractivity contribution in [2.75, 3.05) is 13.2 Å². The van der Waals surface area contributed by atoms with Gasteiger partial charge in [0.15, 0.2) is 6.29 Å². The number of unbranched alkanes of at least 4 members (excludes halogenated alkanes) is 23. The van der Waals surface area contributed by atoms with Crippen molar-refractivity contribution >= 4 is 5.91 Å². The Balaban J connectivity index is 2.41. The van der Waals surface area contributed by atoms with E-state index in [1.165, 1.54) is 128 Å². The Bertz CT molecular complexity index is 868. The van der Waals surface area contributed by atoms with Crippen molar-refractivity contribution < 1.29 is 39.8 Å². The molecule has 0 radical (unpaired) electrons. The zero-order chi connectivity index (χ0) is 38.1. The molecule has 1 rings (SSSR count). The molecule has 52 heavy (non-hydrogen) atoms. The van der Waals surface area contributed by atoms with Gasteiger partial charge in [0, 0.05) is 6.42 Å². The Labute approximate surface area is 318 Å². The van der Waals surface area contributed by atoms with E-state index in [-0.39, 0.29) is 12.5 Å².